The summed E-state index contributed by atoms with van der Waals surface area (Å²) in [5.41, 5.74) is 1.75. The number of nitrogens with zero attached hydrogens (tertiary/aromatic N) is 1. The third-order valence-corrected chi connectivity index (χ3v) is 3.18. The molecular weight excluding hydrogens is 254 g/mol. The average Bonchev–Trinajstić information content (AvgIpc) is 2.47. The van der Waals surface area contributed by atoms with E-state index in [1.807, 2.05) is 24.3 Å². The molecule has 0 aromatic heterocycles. The SMILES string of the molecule is CCOC(=O)CCC(=O)c1ccc(N(CC)CC)cc1. The monoisotopic (exact) mass is 277 g/mol. The Kier molecular flexibility index (Phi) is 6.77. The van der Waals surface area contributed by atoms with E-state index in [0.29, 0.717) is 12.2 Å². The van der Waals surface area contributed by atoms with Crippen LogP contribution in [0.15, 0.2) is 24.3 Å². The van der Waals surface area contributed by atoms with Gasteiger partial charge in [0, 0.05) is 30.8 Å². The largest absolute Gasteiger partial charge is 0.466 e. The molecule has 0 aliphatic heterocycles. The number of ether oxygens (including phenoxy) is 1. The van der Waals surface area contributed by atoms with Crippen LogP contribution < -0.4 is 4.90 Å². The van der Waals surface area contributed by atoms with E-state index in [1.54, 1.807) is 6.92 Å². The first-order valence-corrected chi connectivity index (χ1v) is 7.16. The van der Waals surface area contributed by atoms with E-state index in [4.69, 9.17) is 4.74 Å². The Morgan fingerprint density at radius 2 is 1.60 bits per heavy atom. The van der Waals surface area contributed by atoms with Gasteiger partial charge in [-0.25, -0.2) is 0 Å². The van der Waals surface area contributed by atoms with Crippen molar-refractivity contribution in [3.05, 3.63) is 29.8 Å². The van der Waals surface area contributed by atoms with Gasteiger partial charge in [0.25, 0.3) is 0 Å². The molecule has 4 heteroatoms. The minimum atomic E-state index is -0.319. The first kappa shape index (κ1) is 16.2. The van der Waals surface area contributed by atoms with Gasteiger partial charge in [-0.3, -0.25) is 9.59 Å². The van der Waals surface area contributed by atoms with Crippen molar-refractivity contribution < 1.29 is 14.3 Å². The highest BCUT2D eigenvalue weighted by molar-refractivity contribution is 5.97. The van der Waals surface area contributed by atoms with Crippen LogP contribution in [0.3, 0.4) is 0 Å². The maximum atomic E-state index is 12.0. The summed E-state index contributed by atoms with van der Waals surface area (Å²) in [5.74, 6) is -0.343. The zero-order valence-corrected chi connectivity index (χ0v) is 12.5. The lowest BCUT2D eigenvalue weighted by Crippen LogP contribution is -2.21. The molecule has 0 spiro atoms. The first-order chi connectivity index (χ1) is 9.62. The average molecular weight is 277 g/mol. The standard InChI is InChI=1S/C16H23NO3/c1-4-17(5-2)14-9-7-13(8-10-14)15(18)11-12-16(19)20-6-3/h7-10H,4-6,11-12H2,1-3H3. The smallest absolute Gasteiger partial charge is 0.306 e. The number of anilines is 1. The molecule has 4 nitrogen and oxygen atoms in total. The fourth-order valence-electron chi connectivity index (χ4n) is 2.04. The lowest BCUT2D eigenvalue weighted by molar-refractivity contribution is -0.143. The molecule has 0 saturated heterocycles. The van der Waals surface area contributed by atoms with Crippen LogP contribution in [0.25, 0.3) is 0 Å². The quantitative estimate of drug-likeness (QED) is 0.541. The van der Waals surface area contributed by atoms with E-state index in [2.05, 4.69) is 18.7 Å². The number of carbonyl (C=O) groups is 2. The molecule has 1 rings (SSSR count). The van der Waals surface area contributed by atoms with Crippen LogP contribution in [0.2, 0.25) is 0 Å². The van der Waals surface area contributed by atoms with E-state index in [1.165, 1.54) is 0 Å². The summed E-state index contributed by atoms with van der Waals surface area (Å²) >= 11 is 0. The molecule has 0 bridgehead atoms. The minimum Gasteiger partial charge on any atom is -0.466 e. The molecule has 20 heavy (non-hydrogen) atoms. The van der Waals surface area contributed by atoms with Crippen molar-refractivity contribution in [2.75, 3.05) is 24.6 Å². The first-order valence-electron chi connectivity index (χ1n) is 7.16. The van der Waals surface area contributed by atoms with E-state index in [-0.39, 0.29) is 24.6 Å². The zero-order valence-electron chi connectivity index (χ0n) is 12.5. The van der Waals surface area contributed by atoms with Gasteiger partial charge in [0.05, 0.1) is 13.0 Å². The van der Waals surface area contributed by atoms with Crippen molar-refractivity contribution in [2.45, 2.75) is 33.6 Å². The van der Waals surface area contributed by atoms with E-state index < -0.39 is 0 Å². The second kappa shape index (κ2) is 8.35. The second-order valence-electron chi connectivity index (χ2n) is 4.45. The molecule has 0 amide bonds. The van der Waals surface area contributed by atoms with Crippen molar-refractivity contribution in [1.29, 1.82) is 0 Å². The van der Waals surface area contributed by atoms with Crippen molar-refractivity contribution in [3.8, 4) is 0 Å². The molecule has 0 aliphatic rings. The number of ketones is 1. The Bertz CT molecular complexity index is 436. The zero-order chi connectivity index (χ0) is 15.0. The predicted molar refractivity (Wildman–Crippen MR) is 80.2 cm³/mol. The third-order valence-electron chi connectivity index (χ3n) is 3.18. The number of hydrogen-bond acceptors (Lipinski definition) is 4. The molecule has 0 unspecified atom stereocenters. The van der Waals surface area contributed by atoms with E-state index in [9.17, 15) is 9.59 Å². The molecule has 0 radical (unpaired) electrons. The number of benzene rings is 1. The summed E-state index contributed by atoms with van der Waals surface area (Å²) in [6.45, 7) is 8.18. The molecule has 1 aromatic rings. The van der Waals surface area contributed by atoms with Gasteiger partial charge < -0.3 is 9.64 Å². The van der Waals surface area contributed by atoms with Crippen LogP contribution in [0.4, 0.5) is 5.69 Å². The molecule has 1 aromatic carbocycles. The maximum absolute atomic E-state index is 12.0. The van der Waals surface area contributed by atoms with E-state index in [0.717, 1.165) is 18.8 Å². The Hall–Kier alpha value is -1.84. The number of esters is 1. The highest BCUT2D eigenvalue weighted by Gasteiger charge is 2.10. The van der Waals surface area contributed by atoms with Gasteiger partial charge in [0.1, 0.15) is 0 Å². The van der Waals surface area contributed by atoms with Gasteiger partial charge in [-0.15, -0.1) is 0 Å². The molecule has 0 N–H and O–H groups in total. The molecule has 110 valence electrons. The highest BCUT2D eigenvalue weighted by atomic mass is 16.5. The van der Waals surface area contributed by atoms with Crippen LogP contribution in [0.1, 0.15) is 44.0 Å². The Labute approximate surface area is 120 Å². The Morgan fingerprint density at radius 3 is 2.10 bits per heavy atom. The summed E-state index contributed by atoms with van der Waals surface area (Å²) in [4.78, 5) is 25.4. The van der Waals surface area contributed by atoms with Gasteiger partial charge in [0.15, 0.2) is 5.78 Å². The number of Topliss-reactive ketones (excluding diaryl/α,β-unsaturated/α-hetero) is 1. The summed E-state index contributed by atoms with van der Waals surface area (Å²) in [6, 6.07) is 7.54. The summed E-state index contributed by atoms with van der Waals surface area (Å²) in [7, 11) is 0. The van der Waals surface area contributed by atoms with Gasteiger partial charge in [-0.05, 0) is 45.0 Å². The molecule has 0 heterocycles. The third kappa shape index (κ3) is 4.68. The van der Waals surface area contributed by atoms with Gasteiger partial charge in [0.2, 0.25) is 0 Å². The molecule has 0 fully saturated rings. The van der Waals surface area contributed by atoms with Crippen LogP contribution in [-0.4, -0.2) is 31.4 Å². The molecule has 0 saturated carbocycles. The normalized spacial score (nSPS) is 10.2. The minimum absolute atomic E-state index is 0.0239. The fourth-order valence-corrected chi connectivity index (χ4v) is 2.04. The lowest BCUT2D eigenvalue weighted by atomic mass is 10.1. The summed E-state index contributed by atoms with van der Waals surface area (Å²) in [6.07, 6.45) is 0.341. The number of hydrogen-bond donors (Lipinski definition) is 0. The van der Waals surface area contributed by atoms with Crippen LogP contribution in [0, 0.1) is 0 Å². The van der Waals surface area contributed by atoms with Crippen molar-refractivity contribution in [1.82, 2.24) is 0 Å². The van der Waals surface area contributed by atoms with Crippen molar-refractivity contribution in [2.24, 2.45) is 0 Å². The van der Waals surface area contributed by atoms with Gasteiger partial charge in [-0.2, -0.15) is 0 Å². The van der Waals surface area contributed by atoms with Gasteiger partial charge in [-0.1, -0.05) is 0 Å². The Morgan fingerprint density at radius 1 is 1.00 bits per heavy atom. The summed E-state index contributed by atoms with van der Waals surface area (Å²) < 4.78 is 4.81. The maximum Gasteiger partial charge on any atom is 0.306 e. The molecule has 0 atom stereocenters. The molecular formula is C16H23NO3. The van der Waals surface area contributed by atoms with Crippen molar-refractivity contribution in [3.63, 3.8) is 0 Å². The van der Waals surface area contributed by atoms with E-state index >= 15 is 0 Å². The Balaban J connectivity index is 2.59. The topological polar surface area (TPSA) is 46.6 Å². The predicted octanol–water partition coefficient (Wildman–Crippen LogP) is 3.06. The second-order valence-corrected chi connectivity index (χ2v) is 4.45. The highest BCUT2D eigenvalue weighted by Crippen LogP contribution is 2.16. The number of carbonyl (C=O) groups excluding carboxylic acids is 2. The van der Waals surface area contributed by atoms with Crippen molar-refractivity contribution >= 4 is 17.4 Å². The summed E-state index contributed by atoms with van der Waals surface area (Å²) in [5, 5.41) is 0. The van der Waals surface area contributed by atoms with Crippen LogP contribution in [0.5, 0.6) is 0 Å². The molecule has 0 aliphatic carbocycles. The lowest BCUT2D eigenvalue weighted by Gasteiger charge is -2.20. The number of rotatable bonds is 8. The fraction of sp³-hybridized carbons (Fsp3) is 0.500. The van der Waals surface area contributed by atoms with Crippen LogP contribution >= 0.6 is 0 Å². The van der Waals surface area contributed by atoms with Crippen LogP contribution in [-0.2, 0) is 9.53 Å². The van der Waals surface area contributed by atoms with Gasteiger partial charge >= 0.3 is 5.97 Å².